The fourth-order valence-corrected chi connectivity index (χ4v) is 2.15. The van der Waals surface area contributed by atoms with Gasteiger partial charge in [-0.3, -0.25) is 0 Å². The number of aryl methyl sites for hydroxylation is 1. The molecule has 0 saturated carbocycles. The maximum Gasteiger partial charge on any atom is 0.416 e. The third kappa shape index (κ3) is 2.15. The maximum atomic E-state index is 12.7. The van der Waals surface area contributed by atoms with E-state index in [0.29, 0.717) is 11.3 Å². The van der Waals surface area contributed by atoms with E-state index in [4.69, 9.17) is 0 Å². The predicted octanol–water partition coefficient (Wildman–Crippen LogP) is 4.33. The number of halogens is 3. The molecule has 0 radical (unpaired) electrons. The average molecular weight is 276 g/mol. The normalized spacial score (nSPS) is 12.0. The van der Waals surface area contributed by atoms with Gasteiger partial charge < -0.3 is 4.40 Å². The highest BCUT2D eigenvalue weighted by molar-refractivity contribution is 5.64. The monoisotopic (exact) mass is 276 g/mol. The van der Waals surface area contributed by atoms with Crippen LogP contribution in [-0.2, 0) is 6.18 Å². The molecule has 0 fully saturated rings. The summed E-state index contributed by atoms with van der Waals surface area (Å²) in [6.07, 6.45) is -0.782. The zero-order chi connectivity index (χ0) is 14.3. The molecular formula is C15H11F3N2. The Kier molecular flexibility index (Phi) is 2.78. The third-order valence-electron chi connectivity index (χ3n) is 3.16. The number of aromatic nitrogens is 2. The molecule has 102 valence electrons. The highest BCUT2D eigenvalue weighted by Gasteiger charge is 2.30. The van der Waals surface area contributed by atoms with E-state index in [1.54, 1.807) is 12.3 Å². The SMILES string of the molecule is Cc1cccn2cc(-c3cccc(C(F)(F)F)c3)nc12. The van der Waals surface area contributed by atoms with Crippen molar-refractivity contribution in [3.8, 4) is 11.3 Å². The maximum absolute atomic E-state index is 12.7. The highest BCUT2D eigenvalue weighted by atomic mass is 19.4. The molecule has 0 amide bonds. The summed E-state index contributed by atoms with van der Waals surface area (Å²) in [5.41, 5.74) is 2.06. The molecule has 3 rings (SSSR count). The number of pyridine rings is 1. The standard InChI is InChI=1S/C15H11F3N2/c1-10-4-3-7-20-9-13(19-14(10)20)11-5-2-6-12(8-11)15(16,17)18/h2-9H,1H3. The van der Waals surface area contributed by atoms with Crippen molar-refractivity contribution in [1.29, 1.82) is 0 Å². The number of rotatable bonds is 1. The molecule has 20 heavy (non-hydrogen) atoms. The van der Waals surface area contributed by atoms with Gasteiger partial charge in [0.15, 0.2) is 0 Å². The summed E-state index contributed by atoms with van der Waals surface area (Å²) in [6.45, 7) is 1.91. The lowest BCUT2D eigenvalue weighted by Crippen LogP contribution is -2.04. The summed E-state index contributed by atoms with van der Waals surface area (Å²) in [7, 11) is 0. The Morgan fingerprint density at radius 1 is 1.10 bits per heavy atom. The Labute approximate surface area is 113 Å². The van der Waals surface area contributed by atoms with Crippen LogP contribution in [-0.4, -0.2) is 9.38 Å². The topological polar surface area (TPSA) is 17.3 Å². The van der Waals surface area contributed by atoms with Gasteiger partial charge in [-0.2, -0.15) is 13.2 Å². The van der Waals surface area contributed by atoms with Gasteiger partial charge in [-0.1, -0.05) is 18.2 Å². The smallest absolute Gasteiger partial charge is 0.306 e. The fraction of sp³-hybridized carbons (Fsp3) is 0.133. The van der Waals surface area contributed by atoms with Crippen LogP contribution in [0.3, 0.4) is 0 Å². The molecule has 0 aliphatic rings. The number of benzene rings is 1. The van der Waals surface area contributed by atoms with E-state index in [9.17, 15) is 13.2 Å². The van der Waals surface area contributed by atoms with E-state index in [0.717, 1.165) is 23.3 Å². The van der Waals surface area contributed by atoms with E-state index >= 15 is 0 Å². The molecule has 0 aliphatic carbocycles. The van der Waals surface area contributed by atoms with Gasteiger partial charge in [0.1, 0.15) is 5.65 Å². The van der Waals surface area contributed by atoms with Crippen molar-refractivity contribution in [2.24, 2.45) is 0 Å². The van der Waals surface area contributed by atoms with Crippen LogP contribution in [0.1, 0.15) is 11.1 Å². The Morgan fingerprint density at radius 2 is 1.90 bits per heavy atom. The number of fused-ring (bicyclic) bond motifs is 1. The van der Waals surface area contributed by atoms with Crippen molar-refractivity contribution in [2.45, 2.75) is 13.1 Å². The van der Waals surface area contributed by atoms with Crippen molar-refractivity contribution in [1.82, 2.24) is 9.38 Å². The summed E-state index contributed by atoms with van der Waals surface area (Å²) < 4.78 is 40.0. The second-order valence-corrected chi connectivity index (χ2v) is 4.63. The molecule has 0 aliphatic heterocycles. The lowest BCUT2D eigenvalue weighted by molar-refractivity contribution is -0.137. The number of alkyl halides is 3. The van der Waals surface area contributed by atoms with Gasteiger partial charge in [0.2, 0.25) is 0 Å². The molecule has 2 aromatic heterocycles. The van der Waals surface area contributed by atoms with Crippen LogP contribution >= 0.6 is 0 Å². The molecule has 0 bridgehead atoms. The van der Waals surface area contributed by atoms with Crippen LogP contribution in [0.25, 0.3) is 16.9 Å². The Morgan fingerprint density at radius 3 is 2.60 bits per heavy atom. The number of hydrogen-bond acceptors (Lipinski definition) is 1. The van der Waals surface area contributed by atoms with Crippen molar-refractivity contribution in [3.05, 3.63) is 59.9 Å². The first kappa shape index (κ1) is 12.7. The van der Waals surface area contributed by atoms with Gasteiger partial charge in [-0.05, 0) is 30.7 Å². The van der Waals surface area contributed by atoms with Gasteiger partial charge in [0.25, 0.3) is 0 Å². The first-order valence-corrected chi connectivity index (χ1v) is 6.07. The van der Waals surface area contributed by atoms with Gasteiger partial charge in [0.05, 0.1) is 11.3 Å². The van der Waals surface area contributed by atoms with Crippen LogP contribution in [0.15, 0.2) is 48.8 Å². The molecule has 0 spiro atoms. The molecule has 1 aromatic carbocycles. The Bertz CT molecular complexity index is 772. The molecule has 0 atom stereocenters. The molecule has 2 heterocycles. The summed E-state index contributed by atoms with van der Waals surface area (Å²) in [5.74, 6) is 0. The highest BCUT2D eigenvalue weighted by Crippen LogP contribution is 2.32. The van der Waals surface area contributed by atoms with E-state index < -0.39 is 11.7 Å². The average Bonchev–Trinajstić information content (AvgIpc) is 2.83. The molecule has 2 nitrogen and oxygen atoms in total. The summed E-state index contributed by atoms with van der Waals surface area (Å²) in [6, 6.07) is 9.00. The zero-order valence-electron chi connectivity index (χ0n) is 10.6. The Hall–Kier alpha value is -2.30. The van der Waals surface area contributed by atoms with Crippen LogP contribution in [0, 0.1) is 6.92 Å². The number of imidazole rings is 1. The van der Waals surface area contributed by atoms with Gasteiger partial charge in [-0.25, -0.2) is 4.98 Å². The minimum absolute atomic E-state index is 0.461. The Balaban J connectivity index is 2.14. The lowest BCUT2D eigenvalue weighted by atomic mass is 10.1. The van der Waals surface area contributed by atoms with E-state index in [2.05, 4.69) is 4.98 Å². The molecule has 0 saturated heterocycles. The minimum atomic E-state index is -4.34. The largest absolute Gasteiger partial charge is 0.416 e. The number of nitrogens with zero attached hydrogens (tertiary/aromatic N) is 2. The second kappa shape index (κ2) is 4.37. The molecule has 5 heteroatoms. The van der Waals surface area contributed by atoms with Crippen molar-refractivity contribution in [2.75, 3.05) is 0 Å². The quantitative estimate of drug-likeness (QED) is 0.646. The summed E-state index contributed by atoms with van der Waals surface area (Å²) >= 11 is 0. The first-order chi connectivity index (χ1) is 9.45. The minimum Gasteiger partial charge on any atom is -0.306 e. The molecular weight excluding hydrogens is 265 g/mol. The second-order valence-electron chi connectivity index (χ2n) is 4.63. The fourth-order valence-electron chi connectivity index (χ4n) is 2.15. The molecule has 3 aromatic rings. The van der Waals surface area contributed by atoms with Crippen LogP contribution in [0.5, 0.6) is 0 Å². The van der Waals surface area contributed by atoms with Crippen molar-refractivity contribution in [3.63, 3.8) is 0 Å². The molecule has 0 unspecified atom stereocenters. The van der Waals surface area contributed by atoms with Gasteiger partial charge >= 0.3 is 6.18 Å². The van der Waals surface area contributed by atoms with Gasteiger partial charge in [0, 0.05) is 18.0 Å². The summed E-state index contributed by atoms with van der Waals surface area (Å²) in [5, 5.41) is 0. The predicted molar refractivity (Wildman–Crippen MR) is 70.4 cm³/mol. The van der Waals surface area contributed by atoms with E-state index in [-0.39, 0.29) is 0 Å². The third-order valence-corrected chi connectivity index (χ3v) is 3.16. The van der Waals surface area contributed by atoms with Gasteiger partial charge in [-0.15, -0.1) is 0 Å². The summed E-state index contributed by atoms with van der Waals surface area (Å²) in [4.78, 5) is 4.40. The van der Waals surface area contributed by atoms with E-state index in [1.165, 1.54) is 6.07 Å². The van der Waals surface area contributed by atoms with E-state index in [1.807, 2.05) is 29.7 Å². The van der Waals surface area contributed by atoms with Crippen molar-refractivity contribution < 1.29 is 13.2 Å². The lowest BCUT2D eigenvalue weighted by Gasteiger charge is -2.07. The van der Waals surface area contributed by atoms with Crippen molar-refractivity contribution >= 4 is 5.65 Å². The number of hydrogen-bond donors (Lipinski definition) is 0. The van der Waals surface area contributed by atoms with Crippen LogP contribution < -0.4 is 0 Å². The zero-order valence-corrected chi connectivity index (χ0v) is 10.6. The van der Waals surface area contributed by atoms with Crippen LogP contribution in [0.4, 0.5) is 13.2 Å². The van der Waals surface area contributed by atoms with Crippen LogP contribution in [0.2, 0.25) is 0 Å². The molecule has 0 N–H and O–H groups in total. The first-order valence-electron chi connectivity index (χ1n) is 6.07.